The summed E-state index contributed by atoms with van der Waals surface area (Å²) >= 11 is 0. The first-order valence-electron chi connectivity index (χ1n) is 23.3. The van der Waals surface area contributed by atoms with Crippen molar-refractivity contribution in [2.75, 3.05) is 10.9 Å². The highest BCUT2D eigenvalue weighted by Gasteiger charge is 2.44. The van der Waals surface area contributed by atoms with Gasteiger partial charge < -0.3 is 9.53 Å². The summed E-state index contributed by atoms with van der Waals surface area (Å²) < 4.78 is 61.0. The van der Waals surface area contributed by atoms with Gasteiger partial charge in [0.15, 0.2) is 31.2 Å². The number of carbonyl (C=O) groups excluding carboxylic acids is 2. The highest BCUT2D eigenvalue weighted by molar-refractivity contribution is 7.90. The van der Waals surface area contributed by atoms with Crippen LogP contribution in [0.3, 0.4) is 0 Å². The van der Waals surface area contributed by atoms with Gasteiger partial charge >= 0.3 is 0 Å². The van der Waals surface area contributed by atoms with E-state index in [9.17, 15) is 31.5 Å². The lowest BCUT2D eigenvalue weighted by molar-refractivity contribution is -0.126. The van der Waals surface area contributed by atoms with Crippen molar-refractivity contribution >= 4 is 74.1 Å². The van der Waals surface area contributed by atoms with Crippen LogP contribution in [0.15, 0.2) is 95.2 Å². The summed E-state index contributed by atoms with van der Waals surface area (Å²) in [5, 5.41) is 9.96. The fourth-order valence-corrected chi connectivity index (χ4v) is 12.7. The van der Waals surface area contributed by atoms with Gasteiger partial charge in [-0.2, -0.15) is 0 Å². The van der Waals surface area contributed by atoms with E-state index >= 15 is 0 Å². The minimum absolute atomic E-state index is 0.0861. The number of anilines is 2. The van der Waals surface area contributed by atoms with E-state index in [1.54, 1.807) is 60.7 Å². The molecule has 21 heteroatoms. The van der Waals surface area contributed by atoms with E-state index < -0.39 is 34.5 Å². The van der Waals surface area contributed by atoms with Crippen LogP contribution >= 0.6 is 0 Å². The van der Waals surface area contributed by atoms with Crippen molar-refractivity contribution < 1.29 is 36.0 Å². The van der Waals surface area contributed by atoms with E-state index in [4.69, 9.17) is 4.43 Å². The Morgan fingerprint density at radius 1 is 0.681 bits per heavy atom. The first-order chi connectivity index (χ1) is 32.5. The molecule has 6 atom stereocenters. The third-order valence-electron chi connectivity index (χ3n) is 13.8. The topological polar surface area (TPSA) is 241 Å². The van der Waals surface area contributed by atoms with Gasteiger partial charge in [0, 0.05) is 30.3 Å². The number of benzene rings is 2. The molecule has 2 aliphatic rings. The average Bonchev–Trinajstić information content (AvgIpc) is 4.12. The summed E-state index contributed by atoms with van der Waals surface area (Å²) in [4.78, 5) is 43.3. The van der Waals surface area contributed by atoms with Crippen molar-refractivity contribution in [1.82, 2.24) is 38.7 Å². The molecule has 6 unspecified atom stereocenters. The predicted molar refractivity (Wildman–Crippen MR) is 267 cm³/mol. The Balaban J connectivity index is 0.000000208. The molecule has 2 saturated carbocycles. The van der Waals surface area contributed by atoms with Gasteiger partial charge in [0.1, 0.15) is 11.0 Å². The van der Waals surface area contributed by atoms with Crippen LogP contribution in [0.25, 0.3) is 22.3 Å². The molecular weight excluding hydrogens is 937 g/mol. The van der Waals surface area contributed by atoms with Crippen LogP contribution < -0.4 is 21.7 Å². The number of carbonyl (C=O) groups is 2. The Morgan fingerprint density at radius 2 is 1.10 bits per heavy atom. The van der Waals surface area contributed by atoms with Gasteiger partial charge in [-0.25, -0.2) is 44.7 Å². The number of nitrogens with one attached hydrogen (secondary N) is 4. The van der Waals surface area contributed by atoms with Crippen LogP contribution in [0.2, 0.25) is 18.1 Å². The van der Waals surface area contributed by atoms with Crippen LogP contribution in [0.1, 0.15) is 84.3 Å². The summed E-state index contributed by atoms with van der Waals surface area (Å²) in [6.07, 6.45) is 9.65. The van der Waals surface area contributed by atoms with Crippen molar-refractivity contribution in [2.45, 2.75) is 127 Å². The largest absolute Gasteiger partial charge is 0.414 e. The number of aromatic nitrogens is 6. The van der Waals surface area contributed by atoms with Crippen LogP contribution in [-0.4, -0.2) is 82.2 Å². The highest BCUT2D eigenvalue weighted by Crippen LogP contribution is 2.43. The summed E-state index contributed by atoms with van der Waals surface area (Å²) in [5.74, 6) is 0.302. The molecule has 8 rings (SSSR count). The zero-order valence-corrected chi connectivity index (χ0v) is 43.2. The summed E-state index contributed by atoms with van der Waals surface area (Å²) in [7, 11) is -9.53. The number of hydrogen-bond donors (Lipinski definition) is 5. The molecule has 2 fully saturated rings. The Labute approximate surface area is 405 Å². The maximum atomic E-state index is 13.1. The molecular formula is C48H64N10O8S2Si. The van der Waals surface area contributed by atoms with Gasteiger partial charge in [0.05, 0.1) is 28.3 Å². The number of fused-ring (bicyclic) bond motifs is 2. The molecule has 370 valence electrons. The molecule has 5 N–H and O–H groups in total. The maximum Gasteiger partial charge on any atom is 0.269 e. The number of nitrogens with zero attached hydrogens (tertiary/aromatic N) is 6. The fraction of sp³-hybridized carbons (Fsp3) is 0.458. The number of aliphatic hydroxyl groups is 1. The quantitative estimate of drug-likeness (QED) is 0.0526. The molecule has 6 aromatic rings. The number of rotatable bonds is 14. The molecule has 0 spiro atoms. The standard InChI is InChI=1S/C27H39N5O4SSi.C21H25N5O4S/c1-8-19-15-20(36-38(6,7)27(3,4)5)16-22(19)26(33)31-30-24-17-28-25-23(29-24)13-14-32(25)37(34,35)21-11-9-18(2)10-12-21;1-3-14-10-15(27)11-17(14)21(28)25-24-19-12-22-20-18(23-19)8-9-26(20)31(29,30)16-6-4-13(2)5-7-16/h9-14,17,19-20,22H,8,15-16H2,1-7H3,(H,29,30)(H,31,33);4-9,12,14-15,17,27H,3,10-11H2,1-2H3,(H,23,24)(H,25,28). The zero-order valence-electron chi connectivity index (χ0n) is 40.6. The van der Waals surface area contributed by atoms with E-state index in [2.05, 4.69) is 82.4 Å². The third-order valence-corrected chi connectivity index (χ3v) is 21.7. The highest BCUT2D eigenvalue weighted by atomic mass is 32.2. The van der Waals surface area contributed by atoms with Gasteiger partial charge in [0.2, 0.25) is 11.8 Å². The second kappa shape index (κ2) is 20.3. The summed E-state index contributed by atoms with van der Waals surface area (Å²) in [6, 6.07) is 16.4. The molecule has 0 saturated heterocycles. The third kappa shape index (κ3) is 11.2. The molecule has 0 aliphatic heterocycles. The molecule has 2 amide bonds. The molecule has 4 heterocycles. The number of aryl methyl sites for hydroxylation is 2. The molecule has 4 aromatic heterocycles. The minimum atomic E-state index is -3.81. The van der Waals surface area contributed by atoms with Crippen molar-refractivity contribution in [2.24, 2.45) is 23.7 Å². The first kappa shape index (κ1) is 51.1. The van der Waals surface area contributed by atoms with Gasteiger partial charge in [-0.1, -0.05) is 82.9 Å². The van der Waals surface area contributed by atoms with E-state index in [1.807, 2.05) is 20.8 Å². The maximum absolute atomic E-state index is 13.1. The molecule has 2 aromatic carbocycles. The van der Waals surface area contributed by atoms with Crippen molar-refractivity contribution in [3.8, 4) is 0 Å². The van der Waals surface area contributed by atoms with Gasteiger partial charge in [-0.3, -0.25) is 31.3 Å². The van der Waals surface area contributed by atoms with E-state index in [-0.39, 0.29) is 73.5 Å². The number of hydrogen-bond acceptors (Lipinski definition) is 14. The van der Waals surface area contributed by atoms with Crippen LogP contribution in [0.4, 0.5) is 11.6 Å². The van der Waals surface area contributed by atoms with Crippen molar-refractivity contribution in [1.29, 1.82) is 0 Å². The van der Waals surface area contributed by atoms with Crippen molar-refractivity contribution in [3.63, 3.8) is 0 Å². The lowest BCUT2D eigenvalue weighted by atomic mass is 9.93. The Bertz CT molecular complexity index is 3030. The number of amides is 2. The summed E-state index contributed by atoms with van der Waals surface area (Å²) in [6.45, 7) is 19.1. The second-order valence-corrected chi connectivity index (χ2v) is 28.0. The van der Waals surface area contributed by atoms with Crippen molar-refractivity contribution in [3.05, 3.63) is 96.6 Å². The molecule has 0 radical (unpaired) electrons. The SMILES string of the molecule is CCC1CC(O)CC1C(=O)NNc1cnc2c(ccn2S(=O)(=O)c2ccc(C)cc2)n1.CCC1CC(O[Si](C)(C)C(C)(C)C)CC1C(=O)NNc1cnc2c(ccn2S(=O)(=O)c2ccc(C)cc2)n1. The Morgan fingerprint density at radius 3 is 1.52 bits per heavy atom. The Hall–Kier alpha value is -5.74. The monoisotopic (exact) mass is 1000 g/mol. The molecule has 18 nitrogen and oxygen atoms in total. The van der Waals surface area contributed by atoms with E-state index in [0.29, 0.717) is 36.1 Å². The van der Waals surface area contributed by atoms with Gasteiger partial charge in [-0.05, 0) is 106 Å². The van der Waals surface area contributed by atoms with Gasteiger partial charge in [-0.15, -0.1) is 0 Å². The normalized spacial score (nSPS) is 20.9. The molecule has 0 bridgehead atoms. The van der Waals surface area contributed by atoms with Crippen LogP contribution in [0.5, 0.6) is 0 Å². The molecule has 2 aliphatic carbocycles. The average molecular weight is 1000 g/mol. The smallest absolute Gasteiger partial charge is 0.269 e. The lowest BCUT2D eigenvalue weighted by Gasteiger charge is -2.38. The van der Waals surface area contributed by atoms with Crippen LogP contribution in [-0.2, 0) is 34.1 Å². The zero-order chi connectivity index (χ0) is 50.1. The first-order valence-corrected chi connectivity index (χ1v) is 29.1. The van der Waals surface area contributed by atoms with Crippen LogP contribution in [0, 0.1) is 37.5 Å². The summed E-state index contributed by atoms with van der Waals surface area (Å²) in [5.41, 5.74) is 14.2. The minimum Gasteiger partial charge on any atom is -0.414 e. The number of hydrazine groups is 2. The second-order valence-electron chi connectivity index (χ2n) is 19.7. The van der Waals surface area contributed by atoms with Gasteiger partial charge in [0.25, 0.3) is 20.0 Å². The molecule has 69 heavy (non-hydrogen) atoms. The van der Waals surface area contributed by atoms with E-state index in [0.717, 1.165) is 38.3 Å². The number of aliphatic hydroxyl groups excluding tert-OH is 1. The fourth-order valence-electron chi connectivity index (χ4n) is 8.77. The lowest BCUT2D eigenvalue weighted by Crippen LogP contribution is -2.43. The Kier molecular flexibility index (Phi) is 15.0. The predicted octanol–water partition coefficient (Wildman–Crippen LogP) is 7.46. The van der Waals surface area contributed by atoms with E-state index in [1.165, 1.54) is 24.8 Å².